The van der Waals surface area contributed by atoms with E-state index in [-0.39, 0.29) is 5.91 Å². The highest BCUT2D eigenvalue weighted by Gasteiger charge is 2.17. The van der Waals surface area contributed by atoms with E-state index < -0.39 is 0 Å². The molecule has 0 aliphatic rings. The molecule has 0 radical (unpaired) electrons. The molecule has 26 heavy (non-hydrogen) atoms. The predicted octanol–water partition coefficient (Wildman–Crippen LogP) is 5.26. The third kappa shape index (κ3) is 2.80. The van der Waals surface area contributed by atoms with E-state index in [0.29, 0.717) is 4.88 Å². The van der Waals surface area contributed by atoms with Crippen LogP contribution in [-0.2, 0) is 0 Å². The number of anilines is 1. The average molecular weight is 361 g/mol. The summed E-state index contributed by atoms with van der Waals surface area (Å²) in [5.74, 6) is -0.0843. The molecular formula is C21H19N3OS. The zero-order chi connectivity index (χ0) is 18.3. The third-order valence-electron chi connectivity index (χ3n) is 4.62. The van der Waals surface area contributed by atoms with E-state index in [2.05, 4.69) is 10.4 Å². The van der Waals surface area contributed by atoms with Crippen LogP contribution in [0.2, 0.25) is 0 Å². The lowest BCUT2D eigenvalue weighted by atomic mass is 10.1. The van der Waals surface area contributed by atoms with Crippen molar-refractivity contribution in [2.75, 3.05) is 5.32 Å². The van der Waals surface area contributed by atoms with E-state index >= 15 is 0 Å². The summed E-state index contributed by atoms with van der Waals surface area (Å²) in [6.45, 7) is 6.04. The molecule has 1 amide bonds. The van der Waals surface area contributed by atoms with Crippen molar-refractivity contribution in [2.24, 2.45) is 0 Å². The van der Waals surface area contributed by atoms with E-state index in [0.717, 1.165) is 38.4 Å². The number of fused-ring (bicyclic) bond motifs is 1. The van der Waals surface area contributed by atoms with Crippen LogP contribution < -0.4 is 5.32 Å². The fourth-order valence-electron chi connectivity index (χ4n) is 2.97. The summed E-state index contributed by atoms with van der Waals surface area (Å²) in [4.78, 5) is 14.4. The van der Waals surface area contributed by atoms with Gasteiger partial charge in [-0.3, -0.25) is 4.79 Å². The number of aryl methyl sites for hydroxylation is 2. The van der Waals surface area contributed by atoms with Crippen LogP contribution in [-0.4, -0.2) is 15.7 Å². The van der Waals surface area contributed by atoms with Gasteiger partial charge in [-0.15, -0.1) is 11.3 Å². The van der Waals surface area contributed by atoms with E-state index in [4.69, 9.17) is 0 Å². The molecule has 2 heterocycles. The second-order valence-corrected chi connectivity index (χ2v) is 7.39. The van der Waals surface area contributed by atoms with E-state index in [1.807, 2.05) is 80.1 Å². The van der Waals surface area contributed by atoms with Gasteiger partial charge in [0.2, 0.25) is 0 Å². The molecule has 4 nitrogen and oxygen atoms in total. The Hall–Kier alpha value is -2.92. The number of rotatable bonds is 3. The van der Waals surface area contributed by atoms with Crippen LogP contribution in [0.25, 0.3) is 15.9 Å². The maximum Gasteiger partial charge on any atom is 0.265 e. The Morgan fingerprint density at radius 2 is 1.81 bits per heavy atom. The molecule has 0 bridgehead atoms. The van der Waals surface area contributed by atoms with E-state index in [9.17, 15) is 4.79 Å². The Morgan fingerprint density at radius 1 is 1.04 bits per heavy atom. The summed E-state index contributed by atoms with van der Waals surface area (Å²) in [7, 11) is 0. The quantitative estimate of drug-likeness (QED) is 0.541. The number of nitrogens with zero attached hydrogens (tertiary/aromatic N) is 2. The summed E-state index contributed by atoms with van der Waals surface area (Å²) in [6.07, 6.45) is 0. The first kappa shape index (κ1) is 16.5. The largest absolute Gasteiger partial charge is 0.321 e. The third-order valence-corrected chi connectivity index (χ3v) is 5.73. The molecule has 4 aromatic rings. The number of hydrogen-bond donors (Lipinski definition) is 1. The van der Waals surface area contributed by atoms with Gasteiger partial charge in [0.15, 0.2) is 0 Å². The molecule has 0 fully saturated rings. The second-order valence-electron chi connectivity index (χ2n) is 6.36. The first-order valence-corrected chi connectivity index (χ1v) is 9.28. The Balaban J connectivity index is 1.72. The van der Waals surface area contributed by atoms with Crippen molar-refractivity contribution in [3.8, 4) is 5.69 Å². The molecule has 0 saturated carbocycles. The minimum atomic E-state index is -0.0843. The standard InChI is InChI=1S/C21H19N3OS/c1-13-8-7-11-18(14(13)2)22-20(25)19-12-17-15(3)23-24(21(17)26-19)16-9-5-4-6-10-16/h4-12H,1-3H3,(H,22,25). The maximum atomic E-state index is 12.8. The van der Waals surface area contributed by atoms with Gasteiger partial charge in [-0.05, 0) is 56.2 Å². The minimum absolute atomic E-state index is 0.0843. The minimum Gasteiger partial charge on any atom is -0.321 e. The monoisotopic (exact) mass is 361 g/mol. The summed E-state index contributed by atoms with van der Waals surface area (Å²) >= 11 is 1.47. The van der Waals surface area contributed by atoms with Crippen molar-refractivity contribution >= 4 is 33.1 Å². The lowest BCUT2D eigenvalue weighted by Gasteiger charge is -2.09. The summed E-state index contributed by atoms with van der Waals surface area (Å²) < 4.78 is 1.91. The number of aromatic nitrogens is 2. The lowest BCUT2D eigenvalue weighted by molar-refractivity contribution is 0.103. The highest BCUT2D eigenvalue weighted by Crippen LogP contribution is 2.31. The Kier molecular flexibility index (Phi) is 4.09. The topological polar surface area (TPSA) is 46.9 Å². The second kappa shape index (κ2) is 6.42. The number of para-hydroxylation sites is 1. The molecule has 5 heteroatoms. The van der Waals surface area contributed by atoms with Crippen LogP contribution in [0.3, 0.4) is 0 Å². The zero-order valence-electron chi connectivity index (χ0n) is 14.9. The molecule has 0 atom stereocenters. The van der Waals surface area contributed by atoms with Crippen molar-refractivity contribution in [3.63, 3.8) is 0 Å². The fraction of sp³-hybridized carbons (Fsp3) is 0.143. The number of carbonyl (C=O) groups is 1. The van der Waals surface area contributed by atoms with Crippen molar-refractivity contribution in [3.05, 3.63) is 76.3 Å². The highest BCUT2D eigenvalue weighted by atomic mass is 32.1. The molecule has 1 N–H and O–H groups in total. The van der Waals surface area contributed by atoms with Gasteiger partial charge in [-0.1, -0.05) is 30.3 Å². The van der Waals surface area contributed by atoms with Crippen LogP contribution in [0, 0.1) is 20.8 Å². The van der Waals surface area contributed by atoms with Crippen molar-refractivity contribution in [2.45, 2.75) is 20.8 Å². The Morgan fingerprint density at radius 3 is 2.58 bits per heavy atom. The number of carbonyl (C=O) groups excluding carboxylic acids is 1. The average Bonchev–Trinajstić information content (AvgIpc) is 3.21. The van der Waals surface area contributed by atoms with Gasteiger partial charge < -0.3 is 5.32 Å². The van der Waals surface area contributed by atoms with E-state index in [1.54, 1.807) is 0 Å². The Bertz CT molecular complexity index is 1110. The van der Waals surface area contributed by atoms with Gasteiger partial charge in [-0.25, -0.2) is 4.68 Å². The molecular weight excluding hydrogens is 342 g/mol. The van der Waals surface area contributed by atoms with Gasteiger partial charge in [0.1, 0.15) is 4.83 Å². The van der Waals surface area contributed by atoms with Gasteiger partial charge in [0.05, 0.1) is 16.3 Å². The van der Waals surface area contributed by atoms with Crippen molar-refractivity contribution in [1.29, 1.82) is 0 Å². The number of nitrogens with one attached hydrogen (secondary N) is 1. The number of thiophene rings is 1. The fourth-order valence-corrected chi connectivity index (χ4v) is 4.05. The van der Waals surface area contributed by atoms with Crippen LogP contribution in [0.1, 0.15) is 26.5 Å². The van der Waals surface area contributed by atoms with Crippen LogP contribution >= 0.6 is 11.3 Å². The normalized spacial score (nSPS) is 11.0. The Labute approximate surface area is 156 Å². The molecule has 130 valence electrons. The molecule has 0 aliphatic carbocycles. The van der Waals surface area contributed by atoms with Crippen molar-refractivity contribution in [1.82, 2.24) is 9.78 Å². The van der Waals surface area contributed by atoms with Gasteiger partial charge >= 0.3 is 0 Å². The summed E-state index contributed by atoms with van der Waals surface area (Å²) in [5, 5.41) is 8.68. The van der Waals surface area contributed by atoms with Crippen LogP contribution in [0.15, 0.2) is 54.6 Å². The van der Waals surface area contributed by atoms with Gasteiger partial charge in [0, 0.05) is 11.1 Å². The zero-order valence-corrected chi connectivity index (χ0v) is 15.7. The smallest absolute Gasteiger partial charge is 0.265 e. The summed E-state index contributed by atoms with van der Waals surface area (Å²) in [6, 6.07) is 17.9. The molecule has 4 rings (SSSR count). The predicted molar refractivity (Wildman–Crippen MR) is 108 cm³/mol. The molecule has 2 aromatic heterocycles. The summed E-state index contributed by atoms with van der Waals surface area (Å²) in [5.41, 5.74) is 5.02. The van der Waals surface area contributed by atoms with Crippen molar-refractivity contribution < 1.29 is 4.79 Å². The molecule has 0 unspecified atom stereocenters. The first-order valence-electron chi connectivity index (χ1n) is 8.47. The van der Waals surface area contributed by atoms with Crippen LogP contribution in [0.4, 0.5) is 5.69 Å². The van der Waals surface area contributed by atoms with E-state index in [1.165, 1.54) is 11.3 Å². The van der Waals surface area contributed by atoms with Crippen LogP contribution in [0.5, 0.6) is 0 Å². The molecule has 0 saturated heterocycles. The molecule has 0 aliphatic heterocycles. The van der Waals surface area contributed by atoms with Gasteiger partial charge in [-0.2, -0.15) is 5.10 Å². The number of amides is 1. The van der Waals surface area contributed by atoms with Gasteiger partial charge in [0.25, 0.3) is 5.91 Å². The molecule has 0 spiro atoms. The number of hydrogen-bond acceptors (Lipinski definition) is 3. The maximum absolute atomic E-state index is 12.8. The highest BCUT2D eigenvalue weighted by molar-refractivity contribution is 7.20. The first-order chi connectivity index (χ1) is 12.5. The lowest BCUT2D eigenvalue weighted by Crippen LogP contribution is -2.11. The molecule has 2 aromatic carbocycles. The number of benzene rings is 2. The SMILES string of the molecule is Cc1cccc(NC(=O)c2cc3c(C)nn(-c4ccccc4)c3s2)c1C.